The lowest BCUT2D eigenvalue weighted by Gasteiger charge is -2.23. The smallest absolute Gasteiger partial charge is 0.282 e. The van der Waals surface area contributed by atoms with Crippen LogP contribution in [0.1, 0.15) is 37.4 Å². The number of aromatic hydroxyl groups is 1. The van der Waals surface area contributed by atoms with Crippen LogP contribution in [-0.4, -0.2) is 32.7 Å². The van der Waals surface area contributed by atoms with E-state index in [1.54, 1.807) is 36.4 Å². The van der Waals surface area contributed by atoms with Crippen LogP contribution in [0.4, 0.5) is 0 Å². The molecular formula is C21H13BrN4O4. The van der Waals surface area contributed by atoms with Crippen molar-refractivity contribution >= 4 is 44.7 Å². The lowest BCUT2D eigenvalue weighted by Crippen LogP contribution is -2.36. The molecule has 0 unspecified atom stereocenters. The van der Waals surface area contributed by atoms with Gasteiger partial charge in [0.15, 0.2) is 0 Å². The molecule has 9 heteroatoms. The number of nitriles is 1. The fourth-order valence-electron chi connectivity index (χ4n) is 3.46. The Morgan fingerprint density at radius 1 is 1.13 bits per heavy atom. The first-order chi connectivity index (χ1) is 14.3. The van der Waals surface area contributed by atoms with Crippen LogP contribution < -0.4 is 5.56 Å². The number of hydrogen-bond acceptors (Lipinski definition) is 6. The molecular weight excluding hydrogens is 452 g/mol. The summed E-state index contributed by atoms with van der Waals surface area (Å²) in [5, 5.41) is 25.6. The second-order valence-electron chi connectivity index (χ2n) is 6.70. The number of halogens is 1. The summed E-state index contributed by atoms with van der Waals surface area (Å²) in [7, 11) is 1.31. The lowest BCUT2D eigenvalue weighted by atomic mass is 9.95. The van der Waals surface area contributed by atoms with E-state index in [1.165, 1.54) is 14.0 Å². The summed E-state index contributed by atoms with van der Waals surface area (Å²) in [5.74, 6) is -1.66. The summed E-state index contributed by atoms with van der Waals surface area (Å²) in [5.41, 5.74) is 0.0903. The highest BCUT2D eigenvalue weighted by atomic mass is 79.9. The predicted octanol–water partition coefficient (Wildman–Crippen LogP) is 2.82. The van der Waals surface area contributed by atoms with Gasteiger partial charge >= 0.3 is 0 Å². The van der Waals surface area contributed by atoms with E-state index < -0.39 is 23.3 Å². The van der Waals surface area contributed by atoms with Crippen molar-refractivity contribution in [3.05, 3.63) is 73.0 Å². The summed E-state index contributed by atoms with van der Waals surface area (Å²) >= 11 is 3.43. The number of amides is 2. The Hall–Kier alpha value is -3.77. The van der Waals surface area contributed by atoms with E-state index in [0.717, 1.165) is 20.6 Å². The molecule has 1 aromatic heterocycles. The molecule has 0 aliphatic carbocycles. The summed E-state index contributed by atoms with van der Waals surface area (Å²) in [6.07, 6.45) is 1.10. The maximum Gasteiger partial charge on any atom is 0.282 e. The van der Waals surface area contributed by atoms with Crippen LogP contribution in [0, 0.1) is 18.3 Å². The minimum Gasteiger partial charge on any atom is -0.494 e. The first-order valence-electron chi connectivity index (χ1n) is 8.74. The summed E-state index contributed by atoms with van der Waals surface area (Å²) < 4.78 is 1.66. The molecule has 0 bridgehead atoms. The van der Waals surface area contributed by atoms with Gasteiger partial charge in [-0.05, 0) is 36.1 Å². The van der Waals surface area contributed by atoms with Crippen molar-refractivity contribution < 1.29 is 14.7 Å². The second kappa shape index (κ2) is 6.93. The standard InChI is InChI=1S/C21H13BrN4O4/c1-10-14(8-23)18(27)25(2)19(28)15(10)9-24-26-20(29)12-5-3-4-11-16(22)7-6-13(17(11)12)21(26)30/h3-7,9,28H,1-2H3. The molecule has 0 saturated heterocycles. The molecule has 4 rings (SSSR count). The number of pyridine rings is 1. The molecule has 30 heavy (non-hydrogen) atoms. The quantitative estimate of drug-likeness (QED) is 0.462. The molecule has 2 heterocycles. The van der Waals surface area contributed by atoms with Crippen molar-refractivity contribution in [3.63, 3.8) is 0 Å². The molecule has 1 aliphatic heterocycles. The summed E-state index contributed by atoms with van der Waals surface area (Å²) in [4.78, 5) is 38.0. The predicted molar refractivity (Wildman–Crippen MR) is 113 cm³/mol. The third-order valence-electron chi connectivity index (χ3n) is 5.10. The van der Waals surface area contributed by atoms with E-state index in [4.69, 9.17) is 0 Å². The number of imide groups is 1. The molecule has 8 nitrogen and oxygen atoms in total. The highest BCUT2D eigenvalue weighted by Crippen LogP contribution is 2.34. The van der Waals surface area contributed by atoms with E-state index in [2.05, 4.69) is 21.0 Å². The van der Waals surface area contributed by atoms with Gasteiger partial charge in [0.25, 0.3) is 17.4 Å². The SMILES string of the molecule is Cc1c(C=NN2C(=O)c3cccc4c(Br)ccc(c34)C2=O)c(O)n(C)c(=O)c1C#N. The Labute approximate surface area is 178 Å². The Morgan fingerprint density at radius 2 is 1.80 bits per heavy atom. The molecule has 0 radical (unpaired) electrons. The second-order valence-corrected chi connectivity index (χ2v) is 7.56. The Kier molecular flexibility index (Phi) is 4.51. The van der Waals surface area contributed by atoms with Crippen LogP contribution in [0.15, 0.2) is 44.7 Å². The molecule has 148 valence electrons. The molecule has 0 fully saturated rings. The Balaban J connectivity index is 1.86. The van der Waals surface area contributed by atoms with Crippen molar-refractivity contribution in [2.75, 3.05) is 0 Å². The van der Waals surface area contributed by atoms with Gasteiger partial charge in [0.2, 0.25) is 5.88 Å². The van der Waals surface area contributed by atoms with Gasteiger partial charge in [-0.2, -0.15) is 15.4 Å². The Morgan fingerprint density at radius 3 is 2.47 bits per heavy atom. The van der Waals surface area contributed by atoms with E-state index in [1.807, 2.05) is 0 Å². The number of hydrogen-bond donors (Lipinski definition) is 1. The first-order valence-corrected chi connectivity index (χ1v) is 9.53. The molecule has 2 amide bonds. The number of rotatable bonds is 2. The maximum absolute atomic E-state index is 13.0. The van der Waals surface area contributed by atoms with Gasteiger partial charge in [0, 0.05) is 16.9 Å². The lowest BCUT2D eigenvalue weighted by molar-refractivity contribution is 0.0616. The maximum atomic E-state index is 13.0. The van der Waals surface area contributed by atoms with Crippen LogP contribution in [0.25, 0.3) is 10.8 Å². The van der Waals surface area contributed by atoms with E-state index in [9.17, 15) is 24.8 Å². The van der Waals surface area contributed by atoms with Gasteiger partial charge in [0.1, 0.15) is 11.6 Å². The van der Waals surface area contributed by atoms with Gasteiger partial charge in [-0.1, -0.05) is 28.1 Å². The van der Waals surface area contributed by atoms with E-state index in [0.29, 0.717) is 21.5 Å². The van der Waals surface area contributed by atoms with Crippen molar-refractivity contribution in [3.8, 4) is 11.9 Å². The Bertz CT molecular complexity index is 1390. The van der Waals surface area contributed by atoms with Gasteiger partial charge in [-0.3, -0.25) is 19.0 Å². The monoisotopic (exact) mass is 464 g/mol. The van der Waals surface area contributed by atoms with Crippen molar-refractivity contribution in [2.24, 2.45) is 12.1 Å². The van der Waals surface area contributed by atoms with Crippen molar-refractivity contribution in [1.82, 2.24) is 9.58 Å². The van der Waals surface area contributed by atoms with Crippen LogP contribution >= 0.6 is 15.9 Å². The minimum absolute atomic E-state index is 0.0639. The summed E-state index contributed by atoms with van der Waals surface area (Å²) in [6.45, 7) is 1.48. The zero-order valence-electron chi connectivity index (χ0n) is 15.8. The van der Waals surface area contributed by atoms with Gasteiger partial charge in [-0.15, -0.1) is 0 Å². The van der Waals surface area contributed by atoms with Crippen LogP contribution in [0.5, 0.6) is 5.88 Å². The fourth-order valence-corrected chi connectivity index (χ4v) is 3.92. The van der Waals surface area contributed by atoms with Gasteiger partial charge in [-0.25, -0.2) is 0 Å². The average Bonchev–Trinajstić information content (AvgIpc) is 2.74. The average molecular weight is 465 g/mol. The fraction of sp³-hybridized carbons (Fsp3) is 0.0952. The zero-order chi connectivity index (χ0) is 21.7. The number of aromatic nitrogens is 1. The number of carbonyl (C=O) groups excluding carboxylic acids is 2. The van der Waals surface area contributed by atoms with Crippen LogP contribution in [0.2, 0.25) is 0 Å². The molecule has 3 aromatic rings. The first kappa shape index (κ1) is 19.5. The molecule has 1 N–H and O–H groups in total. The minimum atomic E-state index is -0.652. The van der Waals surface area contributed by atoms with Gasteiger partial charge < -0.3 is 5.11 Å². The van der Waals surface area contributed by atoms with Gasteiger partial charge in [0.05, 0.1) is 22.9 Å². The normalized spacial score (nSPS) is 13.3. The topological polar surface area (TPSA) is 116 Å². The molecule has 0 spiro atoms. The molecule has 0 saturated carbocycles. The van der Waals surface area contributed by atoms with Crippen LogP contribution in [0.3, 0.4) is 0 Å². The largest absolute Gasteiger partial charge is 0.494 e. The highest BCUT2D eigenvalue weighted by molar-refractivity contribution is 9.10. The number of hydrazone groups is 1. The molecule has 1 aliphatic rings. The molecule has 2 aromatic carbocycles. The number of carbonyl (C=O) groups is 2. The van der Waals surface area contributed by atoms with E-state index >= 15 is 0 Å². The summed E-state index contributed by atoms with van der Waals surface area (Å²) in [6, 6.07) is 10.3. The third-order valence-corrected chi connectivity index (χ3v) is 5.79. The highest BCUT2D eigenvalue weighted by Gasteiger charge is 2.33. The third kappa shape index (κ3) is 2.65. The van der Waals surface area contributed by atoms with Crippen molar-refractivity contribution in [2.45, 2.75) is 6.92 Å². The van der Waals surface area contributed by atoms with Crippen LogP contribution in [-0.2, 0) is 7.05 Å². The zero-order valence-corrected chi connectivity index (χ0v) is 17.4. The number of nitrogens with zero attached hydrogens (tertiary/aromatic N) is 4. The number of benzene rings is 2. The van der Waals surface area contributed by atoms with E-state index in [-0.39, 0.29) is 16.7 Å². The molecule has 0 atom stereocenters. The van der Waals surface area contributed by atoms with Crippen molar-refractivity contribution in [1.29, 1.82) is 5.26 Å².